The van der Waals surface area contributed by atoms with Gasteiger partial charge in [0.25, 0.3) is 11.8 Å². The number of hydrogen-bond donors (Lipinski definition) is 1. The predicted octanol–water partition coefficient (Wildman–Crippen LogP) is 5.60. The van der Waals surface area contributed by atoms with Gasteiger partial charge in [-0.2, -0.15) is 0 Å². The monoisotopic (exact) mass is 626 g/mol. The van der Waals surface area contributed by atoms with Crippen LogP contribution in [0.3, 0.4) is 0 Å². The van der Waals surface area contributed by atoms with Gasteiger partial charge >= 0.3 is 0 Å². The van der Waals surface area contributed by atoms with Gasteiger partial charge in [-0.05, 0) is 66.6 Å². The molecule has 1 saturated heterocycles. The number of rotatable bonds is 9. The van der Waals surface area contributed by atoms with Crippen LogP contribution in [0.2, 0.25) is 5.02 Å². The van der Waals surface area contributed by atoms with Gasteiger partial charge in [-0.1, -0.05) is 66.2 Å². The van der Waals surface area contributed by atoms with E-state index in [4.69, 9.17) is 11.6 Å². The lowest BCUT2D eigenvalue weighted by Gasteiger charge is -2.34. The standard InChI is InChI=1S/C35H35ClN4O3S/c36-29-11-6-10-27(22-29)25-40-31-23-28(14-15-33(31)44(43)32-13-5-4-12-30(32)35(40)42)34(41)37-16-7-17-38-18-20-39(21-19-38)24-26-8-2-1-3-9-26/h1-6,8-15,22-23H,7,16-21,24-25H2,(H,37,41). The molecule has 1 unspecified atom stereocenters. The van der Waals surface area contributed by atoms with Gasteiger partial charge in [0.2, 0.25) is 0 Å². The summed E-state index contributed by atoms with van der Waals surface area (Å²) in [7, 11) is -1.59. The average Bonchev–Trinajstić information content (AvgIpc) is 3.13. The van der Waals surface area contributed by atoms with E-state index in [2.05, 4.69) is 39.4 Å². The van der Waals surface area contributed by atoms with E-state index in [-0.39, 0.29) is 18.4 Å². The summed E-state index contributed by atoms with van der Waals surface area (Å²) in [6.07, 6.45) is 0.841. The molecule has 0 aromatic heterocycles. The fourth-order valence-electron chi connectivity index (χ4n) is 5.80. The third-order valence-corrected chi connectivity index (χ3v) is 9.89. The molecule has 2 heterocycles. The van der Waals surface area contributed by atoms with Crippen LogP contribution >= 0.6 is 11.6 Å². The van der Waals surface area contributed by atoms with E-state index in [1.54, 1.807) is 53.4 Å². The maximum absolute atomic E-state index is 13.8. The van der Waals surface area contributed by atoms with Crippen LogP contribution in [0.15, 0.2) is 107 Å². The zero-order chi connectivity index (χ0) is 30.5. The third kappa shape index (κ3) is 6.94. The highest BCUT2D eigenvalue weighted by molar-refractivity contribution is 7.85. The fraction of sp³-hybridized carbons (Fsp3) is 0.257. The lowest BCUT2D eigenvalue weighted by atomic mass is 10.1. The molecule has 1 fully saturated rings. The lowest BCUT2D eigenvalue weighted by Crippen LogP contribution is -2.46. The van der Waals surface area contributed by atoms with Crippen LogP contribution in [-0.2, 0) is 23.9 Å². The largest absolute Gasteiger partial charge is 0.352 e. The number of hydrogen-bond acceptors (Lipinski definition) is 5. The number of nitrogens with one attached hydrogen (secondary N) is 1. The average molecular weight is 627 g/mol. The lowest BCUT2D eigenvalue weighted by molar-refractivity contribution is 0.0944. The second-order valence-corrected chi connectivity index (χ2v) is 13.0. The van der Waals surface area contributed by atoms with Gasteiger partial charge in [-0.3, -0.25) is 14.5 Å². The molecule has 0 bridgehead atoms. The van der Waals surface area contributed by atoms with Crippen molar-refractivity contribution in [3.63, 3.8) is 0 Å². The van der Waals surface area contributed by atoms with Crippen LogP contribution in [0.5, 0.6) is 0 Å². The van der Waals surface area contributed by atoms with E-state index in [0.29, 0.717) is 38.2 Å². The Bertz CT molecular complexity index is 1670. The summed E-state index contributed by atoms with van der Waals surface area (Å²) in [6.45, 7) is 6.77. The SMILES string of the molecule is O=C(NCCCN1CCN(Cc2ccccc2)CC1)c1ccc2c(c1)N(Cc1cccc(Cl)c1)C(=O)c1ccccc1S2=O. The highest BCUT2D eigenvalue weighted by Gasteiger charge is 2.31. The van der Waals surface area contributed by atoms with E-state index in [9.17, 15) is 13.8 Å². The molecule has 0 radical (unpaired) electrons. The first-order valence-electron chi connectivity index (χ1n) is 14.9. The molecule has 44 heavy (non-hydrogen) atoms. The minimum absolute atomic E-state index is 0.219. The molecular weight excluding hydrogens is 592 g/mol. The highest BCUT2D eigenvalue weighted by Crippen LogP contribution is 2.36. The Balaban J connectivity index is 1.10. The molecule has 226 valence electrons. The summed E-state index contributed by atoms with van der Waals surface area (Å²) in [4.78, 5) is 34.6. The molecular formula is C35H35ClN4O3S. The number of anilines is 1. The fourth-order valence-corrected chi connectivity index (χ4v) is 7.36. The highest BCUT2D eigenvalue weighted by atomic mass is 35.5. The van der Waals surface area contributed by atoms with Crippen LogP contribution in [-0.4, -0.2) is 65.1 Å². The molecule has 0 spiro atoms. The molecule has 2 aliphatic rings. The minimum Gasteiger partial charge on any atom is -0.352 e. The van der Waals surface area contributed by atoms with Crippen LogP contribution in [0.4, 0.5) is 5.69 Å². The second-order valence-electron chi connectivity index (χ2n) is 11.2. The van der Waals surface area contributed by atoms with Gasteiger partial charge in [-0.15, -0.1) is 0 Å². The summed E-state index contributed by atoms with van der Waals surface area (Å²) in [5, 5.41) is 3.61. The summed E-state index contributed by atoms with van der Waals surface area (Å²) in [5.41, 5.74) is 3.44. The van der Waals surface area contributed by atoms with Crippen molar-refractivity contribution < 1.29 is 13.8 Å². The van der Waals surface area contributed by atoms with Gasteiger partial charge in [0, 0.05) is 49.9 Å². The van der Waals surface area contributed by atoms with E-state index in [1.165, 1.54) is 5.56 Å². The zero-order valence-electron chi connectivity index (χ0n) is 24.5. The maximum atomic E-state index is 13.8. The Labute approximate surface area is 265 Å². The Morgan fingerprint density at radius 3 is 2.30 bits per heavy atom. The van der Waals surface area contributed by atoms with E-state index in [1.807, 2.05) is 24.3 Å². The van der Waals surface area contributed by atoms with Crippen molar-refractivity contribution >= 4 is 39.9 Å². The van der Waals surface area contributed by atoms with Gasteiger partial charge < -0.3 is 15.1 Å². The maximum Gasteiger partial charge on any atom is 0.259 e. The van der Waals surface area contributed by atoms with Gasteiger partial charge in [0.05, 0.1) is 38.4 Å². The number of carbonyl (C=O) groups excluding carboxylic acids is 2. The first-order valence-corrected chi connectivity index (χ1v) is 16.5. The molecule has 9 heteroatoms. The third-order valence-electron chi connectivity index (χ3n) is 8.15. The Morgan fingerprint density at radius 1 is 0.773 bits per heavy atom. The normalized spacial score (nSPS) is 17.1. The molecule has 2 aliphatic heterocycles. The number of amides is 2. The van der Waals surface area contributed by atoms with E-state index >= 15 is 0 Å². The van der Waals surface area contributed by atoms with Crippen LogP contribution in [0.1, 0.15) is 38.3 Å². The quantitative estimate of drug-likeness (QED) is 0.245. The van der Waals surface area contributed by atoms with Crippen LogP contribution < -0.4 is 10.2 Å². The Kier molecular flexibility index (Phi) is 9.52. The van der Waals surface area contributed by atoms with Gasteiger partial charge in [-0.25, -0.2) is 4.21 Å². The molecule has 2 amide bonds. The van der Waals surface area contributed by atoms with E-state index in [0.717, 1.165) is 51.3 Å². The Morgan fingerprint density at radius 2 is 1.50 bits per heavy atom. The molecule has 0 saturated carbocycles. The number of piperazine rings is 1. The molecule has 1 N–H and O–H groups in total. The number of carbonyl (C=O) groups is 2. The van der Waals surface area contributed by atoms with Crippen molar-refractivity contribution in [1.29, 1.82) is 0 Å². The van der Waals surface area contributed by atoms with Gasteiger partial charge in [0.1, 0.15) is 0 Å². The summed E-state index contributed by atoms with van der Waals surface area (Å²) in [5.74, 6) is -0.489. The smallest absolute Gasteiger partial charge is 0.259 e. The van der Waals surface area contributed by atoms with Crippen molar-refractivity contribution in [3.05, 3.63) is 124 Å². The number of benzene rings is 4. The first kappa shape index (κ1) is 30.2. The first-order chi connectivity index (χ1) is 21.5. The van der Waals surface area contributed by atoms with Crippen molar-refractivity contribution in [1.82, 2.24) is 15.1 Å². The van der Waals surface area contributed by atoms with Crippen molar-refractivity contribution in [2.24, 2.45) is 0 Å². The molecule has 4 aromatic carbocycles. The summed E-state index contributed by atoms with van der Waals surface area (Å²) in [6, 6.07) is 29.9. The summed E-state index contributed by atoms with van der Waals surface area (Å²) < 4.78 is 13.7. The number of fused-ring (bicyclic) bond motifs is 2. The molecule has 7 nitrogen and oxygen atoms in total. The molecule has 0 aliphatic carbocycles. The second kappa shape index (κ2) is 13.9. The Hall–Kier alpha value is -3.82. The van der Waals surface area contributed by atoms with Crippen molar-refractivity contribution in [3.8, 4) is 0 Å². The minimum atomic E-state index is -1.59. The zero-order valence-corrected chi connectivity index (χ0v) is 26.0. The molecule has 4 aromatic rings. The molecule has 1 atom stereocenters. The number of halogens is 1. The molecule has 6 rings (SSSR count). The summed E-state index contributed by atoms with van der Waals surface area (Å²) >= 11 is 6.24. The van der Waals surface area contributed by atoms with Crippen molar-refractivity contribution in [2.75, 3.05) is 44.2 Å². The number of nitrogens with zero attached hydrogens (tertiary/aromatic N) is 3. The van der Waals surface area contributed by atoms with Crippen LogP contribution in [0.25, 0.3) is 0 Å². The van der Waals surface area contributed by atoms with E-state index < -0.39 is 10.8 Å². The topological polar surface area (TPSA) is 73.0 Å². The van der Waals surface area contributed by atoms with Crippen molar-refractivity contribution in [2.45, 2.75) is 29.3 Å². The van der Waals surface area contributed by atoms with Crippen LogP contribution in [0, 0.1) is 0 Å². The predicted molar refractivity (Wildman–Crippen MR) is 175 cm³/mol. The van der Waals surface area contributed by atoms with Gasteiger partial charge in [0.15, 0.2) is 0 Å².